The van der Waals surface area contributed by atoms with Crippen LogP contribution in [0.3, 0.4) is 0 Å². The summed E-state index contributed by atoms with van der Waals surface area (Å²) in [6.07, 6.45) is 1.33. The highest BCUT2D eigenvalue weighted by Crippen LogP contribution is 2.30. The summed E-state index contributed by atoms with van der Waals surface area (Å²) in [5.41, 5.74) is 2.43. The molecule has 2 aromatic carbocycles. The van der Waals surface area contributed by atoms with Gasteiger partial charge in [0.1, 0.15) is 0 Å². The fraction of sp³-hybridized carbons (Fsp3) is 0.478. The highest BCUT2D eigenvalue weighted by Gasteiger charge is 2.36. The maximum Gasteiger partial charge on any atom is 0.0720 e. The highest BCUT2D eigenvalue weighted by atomic mass is 16.5. The lowest BCUT2D eigenvalue weighted by molar-refractivity contribution is -0.151. The van der Waals surface area contributed by atoms with Crippen LogP contribution in [0.2, 0.25) is 0 Å². The molecule has 3 nitrogen and oxygen atoms in total. The Bertz CT molecular complexity index is 628. The monoisotopic (exact) mass is 354 g/mol. The van der Waals surface area contributed by atoms with Crippen molar-refractivity contribution in [2.75, 3.05) is 13.2 Å². The highest BCUT2D eigenvalue weighted by molar-refractivity contribution is 5.14. The van der Waals surface area contributed by atoms with Crippen molar-refractivity contribution < 1.29 is 14.2 Å². The van der Waals surface area contributed by atoms with Crippen molar-refractivity contribution in [3.8, 4) is 0 Å². The van der Waals surface area contributed by atoms with Crippen molar-refractivity contribution in [2.24, 2.45) is 11.8 Å². The average Bonchev–Trinajstić information content (AvgIpc) is 2.68. The van der Waals surface area contributed by atoms with Gasteiger partial charge in [-0.3, -0.25) is 0 Å². The van der Waals surface area contributed by atoms with Gasteiger partial charge in [0, 0.05) is 18.4 Å². The van der Waals surface area contributed by atoms with Gasteiger partial charge in [-0.15, -0.1) is 0 Å². The third-order valence-electron chi connectivity index (χ3n) is 5.18. The van der Waals surface area contributed by atoms with Crippen LogP contribution in [0.4, 0.5) is 0 Å². The molecule has 1 aliphatic rings. The number of benzene rings is 2. The van der Waals surface area contributed by atoms with E-state index in [1.807, 2.05) is 24.3 Å². The SMILES string of the molecule is CC1COC(CCOCc2ccccc2)C(C)C1OCc1ccccc1. The summed E-state index contributed by atoms with van der Waals surface area (Å²) >= 11 is 0. The van der Waals surface area contributed by atoms with Gasteiger partial charge in [0.2, 0.25) is 0 Å². The molecule has 140 valence electrons. The van der Waals surface area contributed by atoms with Crippen LogP contribution in [-0.4, -0.2) is 25.4 Å². The summed E-state index contributed by atoms with van der Waals surface area (Å²) in [6.45, 7) is 7.25. The van der Waals surface area contributed by atoms with E-state index in [9.17, 15) is 0 Å². The van der Waals surface area contributed by atoms with Gasteiger partial charge in [-0.25, -0.2) is 0 Å². The van der Waals surface area contributed by atoms with Gasteiger partial charge in [0.15, 0.2) is 0 Å². The molecule has 2 aromatic rings. The van der Waals surface area contributed by atoms with Gasteiger partial charge < -0.3 is 14.2 Å². The number of rotatable bonds is 8. The second-order valence-electron chi connectivity index (χ2n) is 7.30. The molecule has 0 aliphatic carbocycles. The minimum Gasteiger partial charge on any atom is -0.377 e. The van der Waals surface area contributed by atoms with Crippen molar-refractivity contribution in [1.29, 1.82) is 0 Å². The lowest BCUT2D eigenvalue weighted by atomic mass is 9.85. The molecule has 0 N–H and O–H groups in total. The van der Waals surface area contributed by atoms with Crippen molar-refractivity contribution in [2.45, 2.75) is 45.7 Å². The van der Waals surface area contributed by atoms with Gasteiger partial charge in [0.05, 0.1) is 32.0 Å². The summed E-state index contributed by atoms with van der Waals surface area (Å²) in [6, 6.07) is 20.7. The molecule has 26 heavy (non-hydrogen) atoms. The summed E-state index contributed by atoms with van der Waals surface area (Å²) in [7, 11) is 0. The topological polar surface area (TPSA) is 27.7 Å². The largest absolute Gasteiger partial charge is 0.377 e. The van der Waals surface area contributed by atoms with Crippen LogP contribution in [0.15, 0.2) is 60.7 Å². The molecular formula is C23H30O3. The van der Waals surface area contributed by atoms with Gasteiger partial charge in [-0.05, 0) is 17.5 Å². The van der Waals surface area contributed by atoms with E-state index in [0.29, 0.717) is 31.7 Å². The molecular weight excluding hydrogens is 324 g/mol. The van der Waals surface area contributed by atoms with Gasteiger partial charge in [-0.2, -0.15) is 0 Å². The molecule has 3 heteroatoms. The van der Waals surface area contributed by atoms with Crippen molar-refractivity contribution in [3.05, 3.63) is 71.8 Å². The maximum absolute atomic E-state index is 6.28. The van der Waals surface area contributed by atoms with Gasteiger partial charge in [-0.1, -0.05) is 74.5 Å². The van der Waals surface area contributed by atoms with Crippen LogP contribution in [0.25, 0.3) is 0 Å². The first kappa shape index (κ1) is 19.1. The predicted octanol–water partition coefficient (Wildman–Crippen LogP) is 4.85. The Kier molecular flexibility index (Phi) is 7.24. The molecule has 0 amide bonds. The van der Waals surface area contributed by atoms with E-state index >= 15 is 0 Å². The van der Waals surface area contributed by atoms with Crippen molar-refractivity contribution in [1.82, 2.24) is 0 Å². The van der Waals surface area contributed by atoms with Crippen LogP contribution in [0, 0.1) is 11.8 Å². The fourth-order valence-electron chi connectivity index (χ4n) is 3.64. The zero-order valence-corrected chi connectivity index (χ0v) is 15.8. The first-order valence-corrected chi connectivity index (χ1v) is 9.63. The third kappa shape index (κ3) is 5.41. The molecule has 3 rings (SSSR count). The molecule has 4 unspecified atom stereocenters. The molecule has 4 atom stereocenters. The Balaban J connectivity index is 1.44. The lowest BCUT2D eigenvalue weighted by Crippen LogP contribution is -2.45. The Morgan fingerprint density at radius 3 is 2.15 bits per heavy atom. The Morgan fingerprint density at radius 1 is 0.885 bits per heavy atom. The normalized spacial score (nSPS) is 25.9. The first-order valence-electron chi connectivity index (χ1n) is 9.63. The zero-order chi connectivity index (χ0) is 18.2. The third-order valence-corrected chi connectivity index (χ3v) is 5.18. The summed E-state index contributed by atoms with van der Waals surface area (Å²) < 4.78 is 18.2. The number of hydrogen-bond donors (Lipinski definition) is 0. The minimum absolute atomic E-state index is 0.197. The van der Waals surface area contributed by atoms with E-state index in [2.05, 4.69) is 50.2 Å². The van der Waals surface area contributed by atoms with Crippen LogP contribution in [0.1, 0.15) is 31.4 Å². The Hall–Kier alpha value is -1.68. The standard InChI is InChI=1S/C23H30O3/c1-18-15-25-22(13-14-24-16-20-9-5-3-6-10-20)19(2)23(18)26-17-21-11-7-4-8-12-21/h3-12,18-19,22-23H,13-17H2,1-2H3. The van der Waals surface area contributed by atoms with Gasteiger partial charge >= 0.3 is 0 Å². The second kappa shape index (κ2) is 9.86. The molecule has 0 radical (unpaired) electrons. The summed E-state index contributed by atoms with van der Waals surface area (Å²) in [5.74, 6) is 0.776. The summed E-state index contributed by atoms with van der Waals surface area (Å²) in [4.78, 5) is 0. The molecule has 1 aliphatic heterocycles. The van der Waals surface area contributed by atoms with Crippen molar-refractivity contribution in [3.63, 3.8) is 0 Å². The van der Waals surface area contributed by atoms with Gasteiger partial charge in [0.25, 0.3) is 0 Å². The Morgan fingerprint density at radius 2 is 1.50 bits per heavy atom. The molecule has 0 saturated carbocycles. The molecule has 1 fully saturated rings. The van der Waals surface area contributed by atoms with E-state index in [1.165, 1.54) is 11.1 Å². The first-order chi connectivity index (χ1) is 12.7. The van der Waals surface area contributed by atoms with E-state index in [-0.39, 0.29) is 12.2 Å². The fourth-order valence-corrected chi connectivity index (χ4v) is 3.64. The molecule has 1 saturated heterocycles. The van der Waals surface area contributed by atoms with Crippen LogP contribution >= 0.6 is 0 Å². The van der Waals surface area contributed by atoms with Crippen molar-refractivity contribution >= 4 is 0 Å². The molecule has 0 bridgehead atoms. The number of ether oxygens (including phenoxy) is 3. The van der Waals surface area contributed by atoms with E-state index in [1.54, 1.807) is 0 Å². The second-order valence-corrected chi connectivity index (χ2v) is 7.30. The molecule has 1 heterocycles. The van der Waals surface area contributed by atoms with E-state index < -0.39 is 0 Å². The smallest absolute Gasteiger partial charge is 0.0720 e. The van der Waals surface area contributed by atoms with E-state index in [4.69, 9.17) is 14.2 Å². The summed E-state index contributed by atoms with van der Waals surface area (Å²) in [5, 5.41) is 0. The average molecular weight is 354 g/mol. The molecule has 0 spiro atoms. The molecule has 0 aromatic heterocycles. The van der Waals surface area contributed by atoms with E-state index in [0.717, 1.165) is 13.0 Å². The maximum atomic E-state index is 6.28. The van der Waals surface area contributed by atoms with Crippen LogP contribution < -0.4 is 0 Å². The van der Waals surface area contributed by atoms with Crippen LogP contribution in [0.5, 0.6) is 0 Å². The predicted molar refractivity (Wildman–Crippen MR) is 104 cm³/mol. The van der Waals surface area contributed by atoms with Crippen LogP contribution in [-0.2, 0) is 27.4 Å². The Labute approximate surface area is 157 Å². The minimum atomic E-state index is 0.197. The lowest BCUT2D eigenvalue weighted by Gasteiger charge is -2.40. The quantitative estimate of drug-likeness (QED) is 0.634. The zero-order valence-electron chi connectivity index (χ0n) is 15.8. The number of hydrogen-bond acceptors (Lipinski definition) is 3.